The molecule has 0 rings (SSSR count). The smallest absolute Gasteiger partial charge is 0.870 e. The van der Waals surface area contributed by atoms with Crippen molar-refractivity contribution in [3.8, 4) is 12.1 Å². The normalized spacial score (nSPS) is 10.8. The predicted octanol–water partition coefficient (Wildman–Crippen LogP) is -0.673. The summed E-state index contributed by atoms with van der Waals surface area (Å²) in [5.74, 6) is -1.68. The van der Waals surface area contributed by atoms with E-state index in [9.17, 15) is 9.59 Å². The zero-order valence-electron chi connectivity index (χ0n) is 13.7. The zero-order chi connectivity index (χ0) is 16.0. The molecule has 0 saturated carbocycles. The number of nitriles is 2. The first kappa shape index (κ1) is 28.6. The number of aliphatic carboxylic acids is 1. The molecule has 0 fully saturated rings. The van der Waals surface area contributed by atoms with Crippen molar-refractivity contribution in [3.05, 3.63) is 0 Å². The van der Waals surface area contributed by atoms with Gasteiger partial charge in [0.05, 0.1) is 43.4 Å². The molecule has 2 unspecified atom stereocenters. The third kappa shape index (κ3) is 18.5. The summed E-state index contributed by atoms with van der Waals surface area (Å²) in [6, 6.07) is 3.94. The average molecular weight is 306 g/mol. The van der Waals surface area contributed by atoms with Crippen LogP contribution in [0.4, 0.5) is 0 Å². The first-order valence-corrected chi connectivity index (χ1v) is 6.61. The molecule has 0 heterocycles. The van der Waals surface area contributed by atoms with Gasteiger partial charge in [-0.05, 0) is 19.8 Å². The van der Waals surface area contributed by atoms with Crippen molar-refractivity contribution in [1.82, 2.24) is 0 Å². The van der Waals surface area contributed by atoms with Crippen molar-refractivity contribution in [3.63, 3.8) is 0 Å². The van der Waals surface area contributed by atoms with Gasteiger partial charge in [-0.15, -0.1) is 0 Å². The van der Waals surface area contributed by atoms with E-state index in [4.69, 9.17) is 15.6 Å². The van der Waals surface area contributed by atoms with Crippen molar-refractivity contribution in [2.75, 3.05) is 6.61 Å². The van der Waals surface area contributed by atoms with E-state index < -0.39 is 5.97 Å². The molecule has 0 aliphatic heterocycles. The van der Waals surface area contributed by atoms with Crippen LogP contribution in [0, 0.1) is 34.5 Å². The van der Waals surface area contributed by atoms with Gasteiger partial charge in [0.25, 0.3) is 0 Å². The Morgan fingerprint density at radius 1 is 1.05 bits per heavy atom. The molecule has 0 aromatic carbocycles. The largest absolute Gasteiger partial charge is 1.00 e. The second kappa shape index (κ2) is 19.5. The summed E-state index contributed by atoms with van der Waals surface area (Å²) in [6.07, 6.45) is 1.51. The van der Waals surface area contributed by atoms with Crippen molar-refractivity contribution in [1.29, 1.82) is 10.5 Å². The summed E-state index contributed by atoms with van der Waals surface area (Å²) >= 11 is 0. The molecule has 0 aliphatic rings. The standard InChI is InChI=1S/C8H13NO2.C6H9NO2.Li.H2O/c1-3-7(6-9)5-8(10)11-4-2;1-2-5(4-7)3-6(8)9;;/h7H,3-5H2,1-2H3;5H,2-3H2,1H3,(H,8,9);;1H2/q;;+1;/p-1. The predicted molar refractivity (Wildman–Crippen MR) is 74.2 cm³/mol. The molecular weight excluding hydrogens is 283 g/mol. The summed E-state index contributed by atoms with van der Waals surface area (Å²) in [5.41, 5.74) is 0. The number of ether oxygens (including phenoxy) is 1. The molecule has 120 valence electrons. The molecule has 0 saturated heterocycles. The molecule has 0 aromatic heterocycles. The molecule has 0 aliphatic carbocycles. The van der Waals surface area contributed by atoms with E-state index in [-0.39, 0.29) is 55.0 Å². The SMILES string of the molecule is CCC(C#N)CC(=O)O.CCOC(=O)CC(C#N)CC.[Li+].[OH-]. The molecule has 2 atom stereocenters. The van der Waals surface area contributed by atoms with Crippen molar-refractivity contribution in [2.24, 2.45) is 11.8 Å². The van der Waals surface area contributed by atoms with Crippen LogP contribution in [0.15, 0.2) is 0 Å². The van der Waals surface area contributed by atoms with Crippen molar-refractivity contribution in [2.45, 2.75) is 46.5 Å². The molecule has 8 heteroatoms. The maximum absolute atomic E-state index is 10.8. The van der Waals surface area contributed by atoms with E-state index >= 15 is 0 Å². The number of carboxylic acid groups (broad SMARTS) is 1. The third-order valence-electron chi connectivity index (χ3n) is 2.49. The monoisotopic (exact) mass is 306 g/mol. The fraction of sp³-hybridized carbons (Fsp3) is 0.714. The van der Waals surface area contributed by atoms with Gasteiger partial charge in [0, 0.05) is 0 Å². The summed E-state index contributed by atoms with van der Waals surface area (Å²) in [6.45, 7) is 5.83. The quantitative estimate of drug-likeness (QED) is 0.485. The molecule has 0 aromatic rings. The van der Waals surface area contributed by atoms with E-state index in [1.165, 1.54) is 0 Å². The average Bonchev–Trinajstić information content (AvgIpc) is 2.42. The maximum Gasteiger partial charge on any atom is 1.00 e. The Balaban J connectivity index is -0.000000137. The molecule has 2 N–H and O–H groups in total. The Labute approximate surface area is 143 Å². The minimum absolute atomic E-state index is 0. The number of esters is 1. The number of hydrogen-bond donors (Lipinski definition) is 1. The van der Waals surface area contributed by atoms with Crippen LogP contribution in [0.25, 0.3) is 0 Å². The fourth-order valence-electron chi connectivity index (χ4n) is 1.19. The summed E-state index contributed by atoms with van der Waals surface area (Å²) in [7, 11) is 0. The number of carboxylic acids is 1. The summed E-state index contributed by atoms with van der Waals surface area (Å²) in [5, 5.41) is 24.9. The Morgan fingerprint density at radius 3 is 1.68 bits per heavy atom. The zero-order valence-corrected chi connectivity index (χ0v) is 13.7. The van der Waals surface area contributed by atoms with E-state index in [2.05, 4.69) is 4.74 Å². The van der Waals surface area contributed by atoms with Gasteiger partial charge in [0.2, 0.25) is 0 Å². The van der Waals surface area contributed by atoms with E-state index in [1.807, 2.05) is 19.1 Å². The Hall–Kier alpha value is -1.52. The van der Waals surface area contributed by atoms with Crippen molar-refractivity contribution < 1.29 is 43.8 Å². The van der Waals surface area contributed by atoms with Crippen LogP contribution in [0.2, 0.25) is 0 Å². The van der Waals surface area contributed by atoms with Crippen LogP contribution in [0.3, 0.4) is 0 Å². The van der Waals surface area contributed by atoms with Gasteiger partial charge in [-0.25, -0.2) is 0 Å². The second-order valence-corrected chi connectivity index (χ2v) is 4.08. The molecule has 22 heavy (non-hydrogen) atoms. The van der Waals surface area contributed by atoms with Crippen LogP contribution in [-0.2, 0) is 14.3 Å². The van der Waals surface area contributed by atoms with Gasteiger partial charge in [-0.2, -0.15) is 10.5 Å². The van der Waals surface area contributed by atoms with E-state index in [0.717, 1.165) is 0 Å². The third-order valence-corrected chi connectivity index (χ3v) is 2.49. The molecule has 0 spiro atoms. The van der Waals surface area contributed by atoms with E-state index in [0.29, 0.717) is 19.4 Å². The first-order valence-electron chi connectivity index (χ1n) is 6.61. The minimum Gasteiger partial charge on any atom is -0.870 e. The van der Waals surface area contributed by atoms with Gasteiger partial charge in [0.15, 0.2) is 0 Å². The van der Waals surface area contributed by atoms with Gasteiger partial charge < -0.3 is 15.3 Å². The number of nitrogens with zero attached hydrogens (tertiary/aromatic N) is 2. The number of carbonyl (C=O) groups is 2. The first-order chi connectivity index (χ1) is 9.44. The Morgan fingerprint density at radius 2 is 1.45 bits per heavy atom. The topological polar surface area (TPSA) is 141 Å². The number of rotatable bonds is 7. The summed E-state index contributed by atoms with van der Waals surface area (Å²) in [4.78, 5) is 20.8. The number of hydrogen-bond acceptors (Lipinski definition) is 6. The Bertz CT molecular complexity index is 376. The molecular formula is C14H23LiN2O5. The molecule has 0 amide bonds. The van der Waals surface area contributed by atoms with Gasteiger partial charge in [-0.1, -0.05) is 13.8 Å². The Kier molecular flexibility index (Phi) is 25.3. The van der Waals surface area contributed by atoms with E-state index in [1.54, 1.807) is 13.8 Å². The maximum atomic E-state index is 10.8. The van der Waals surface area contributed by atoms with Gasteiger partial charge >= 0.3 is 30.8 Å². The van der Waals surface area contributed by atoms with Crippen LogP contribution in [0.1, 0.15) is 46.5 Å². The molecule has 7 nitrogen and oxygen atoms in total. The van der Waals surface area contributed by atoms with Crippen LogP contribution >= 0.6 is 0 Å². The van der Waals surface area contributed by atoms with Crippen molar-refractivity contribution >= 4 is 11.9 Å². The number of carbonyl (C=O) groups excluding carboxylic acids is 1. The van der Waals surface area contributed by atoms with Crippen LogP contribution in [-0.4, -0.2) is 29.1 Å². The van der Waals surface area contributed by atoms with Gasteiger partial charge in [-0.3, -0.25) is 9.59 Å². The molecule has 0 radical (unpaired) electrons. The minimum atomic E-state index is -0.900. The second-order valence-electron chi connectivity index (χ2n) is 4.08. The van der Waals surface area contributed by atoms with Crippen LogP contribution in [0.5, 0.6) is 0 Å². The van der Waals surface area contributed by atoms with Crippen LogP contribution < -0.4 is 18.9 Å². The summed E-state index contributed by atoms with van der Waals surface area (Å²) < 4.78 is 4.69. The fourth-order valence-corrected chi connectivity index (χ4v) is 1.19. The molecule has 0 bridgehead atoms. The van der Waals surface area contributed by atoms with Gasteiger partial charge in [0.1, 0.15) is 0 Å².